The van der Waals surface area contributed by atoms with Crippen molar-refractivity contribution in [2.45, 2.75) is 0 Å². The predicted molar refractivity (Wildman–Crippen MR) is 142 cm³/mol. The van der Waals surface area contributed by atoms with Crippen molar-refractivity contribution >= 4 is 45.8 Å². The van der Waals surface area contributed by atoms with E-state index >= 15 is 0 Å². The average Bonchev–Trinajstić information content (AvgIpc) is 3.34. The number of hydrogen-bond acceptors (Lipinski definition) is 6. The maximum absolute atomic E-state index is 6.23. The minimum absolute atomic E-state index is 0.664. The van der Waals surface area contributed by atoms with Gasteiger partial charge in [-0.2, -0.15) is 15.1 Å². The van der Waals surface area contributed by atoms with Crippen molar-refractivity contribution in [2.75, 3.05) is 41.3 Å². The fourth-order valence-corrected chi connectivity index (χ4v) is 4.59. The van der Waals surface area contributed by atoms with Gasteiger partial charge in [0, 0.05) is 42.6 Å². The Morgan fingerprint density at radius 1 is 0.714 bits per heavy atom. The van der Waals surface area contributed by atoms with Crippen molar-refractivity contribution in [3.05, 3.63) is 96.1 Å². The number of nitrogens with one attached hydrogen (secondary N) is 1. The molecule has 8 heteroatoms. The number of anilines is 4. The first kappa shape index (κ1) is 21.4. The number of nitrogens with zero attached hydrogens (tertiary/aromatic N) is 6. The van der Waals surface area contributed by atoms with Crippen LogP contribution in [-0.4, -0.2) is 45.9 Å². The van der Waals surface area contributed by atoms with Gasteiger partial charge in [-0.15, -0.1) is 0 Å². The molecule has 174 valence electrons. The molecule has 1 N–H and O–H groups in total. The van der Waals surface area contributed by atoms with E-state index in [0.717, 1.165) is 48.6 Å². The number of rotatable bonds is 5. The summed E-state index contributed by atoms with van der Waals surface area (Å²) in [7, 11) is 0. The second-order valence-electron chi connectivity index (χ2n) is 8.45. The molecule has 3 heterocycles. The lowest BCUT2D eigenvalue weighted by Gasteiger charge is -2.36. The zero-order chi connectivity index (χ0) is 23.6. The lowest BCUT2D eigenvalue weighted by atomic mass is 10.2. The second kappa shape index (κ2) is 9.27. The molecule has 0 bridgehead atoms. The molecule has 3 aromatic carbocycles. The highest BCUT2D eigenvalue weighted by Gasteiger charge is 2.22. The quantitative estimate of drug-likeness (QED) is 0.355. The van der Waals surface area contributed by atoms with Gasteiger partial charge >= 0.3 is 0 Å². The highest BCUT2D eigenvalue weighted by atomic mass is 35.5. The Morgan fingerprint density at radius 2 is 1.40 bits per heavy atom. The summed E-state index contributed by atoms with van der Waals surface area (Å²) in [6.07, 6.45) is 1.81. The van der Waals surface area contributed by atoms with Crippen LogP contribution < -0.4 is 15.1 Å². The third-order valence-corrected chi connectivity index (χ3v) is 6.42. The molecule has 1 aliphatic heterocycles. The SMILES string of the molecule is Clc1cccc(Nc2nc(N3CCN(c4ccccc4)CC3)nc3c2cnn3-c2ccccc2)c1. The first-order valence-electron chi connectivity index (χ1n) is 11.6. The summed E-state index contributed by atoms with van der Waals surface area (Å²) in [4.78, 5) is 14.6. The molecule has 2 aromatic heterocycles. The van der Waals surface area contributed by atoms with Crippen molar-refractivity contribution in [1.29, 1.82) is 0 Å². The number of aromatic nitrogens is 4. The number of hydrogen-bond donors (Lipinski definition) is 1. The van der Waals surface area contributed by atoms with E-state index in [-0.39, 0.29) is 0 Å². The average molecular weight is 482 g/mol. The van der Waals surface area contributed by atoms with Crippen LogP contribution in [0.1, 0.15) is 0 Å². The third kappa shape index (κ3) is 4.38. The Morgan fingerprint density at radius 3 is 2.11 bits per heavy atom. The topological polar surface area (TPSA) is 62.1 Å². The molecule has 0 aliphatic carbocycles. The minimum atomic E-state index is 0.664. The molecule has 0 unspecified atom stereocenters. The van der Waals surface area contributed by atoms with Crippen molar-refractivity contribution in [3.8, 4) is 5.69 Å². The van der Waals surface area contributed by atoms with E-state index in [1.165, 1.54) is 5.69 Å². The first-order valence-corrected chi connectivity index (χ1v) is 12.0. The monoisotopic (exact) mass is 481 g/mol. The van der Waals surface area contributed by atoms with Crippen LogP contribution in [0.5, 0.6) is 0 Å². The van der Waals surface area contributed by atoms with Gasteiger partial charge in [0.15, 0.2) is 5.65 Å². The lowest BCUT2D eigenvalue weighted by molar-refractivity contribution is 0.641. The predicted octanol–water partition coefficient (Wildman–Crippen LogP) is 5.54. The summed E-state index contributed by atoms with van der Waals surface area (Å²) < 4.78 is 1.86. The second-order valence-corrected chi connectivity index (χ2v) is 8.88. The van der Waals surface area contributed by atoms with E-state index in [9.17, 15) is 0 Å². The maximum Gasteiger partial charge on any atom is 0.229 e. The van der Waals surface area contributed by atoms with E-state index in [1.807, 2.05) is 71.5 Å². The number of halogens is 1. The fraction of sp³-hybridized carbons (Fsp3) is 0.148. The van der Waals surface area contributed by atoms with E-state index in [4.69, 9.17) is 21.6 Å². The highest BCUT2D eigenvalue weighted by molar-refractivity contribution is 6.30. The van der Waals surface area contributed by atoms with Crippen LogP contribution in [0.2, 0.25) is 5.02 Å². The molecule has 6 rings (SSSR count). The lowest BCUT2D eigenvalue weighted by Crippen LogP contribution is -2.47. The molecule has 0 spiro atoms. The minimum Gasteiger partial charge on any atom is -0.368 e. The summed E-state index contributed by atoms with van der Waals surface area (Å²) in [5.74, 6) is 1.40. The molecule has 7 nitrogen and oxygen atoms in total. The Bertz CT molecular complexity index is 1440. The summed E-state index contributed by atoms with van der Waals surface area (Å²) >= 11 is 6.23. The van der Waals surface area contributed by atoms with Crippen molar-refractivity contribution < 1.29 is 0 Å². The van der Waals surface area contributed by atoms with Crippen molar-refractivity contribution in [3.63, 3.8) is 0 Å². The molecule has 1 aliphatic rings. The Labute approximate surface area is 208 Å². The zero-order valence-corrected chi connectivity index (χ0v) is 19.8. The van der Waals surface area contributed by atoms with Gasteiger partial charge in [0.25, 0.3) is 0 Å². The van der Waals surface area contributed by atoms with E-state index < -0.39 is 0 Å². The normalized spacial score (nSPS) is 13.9. The molecule has 0 amide bonds. The molecule has 0 saturated carbocycles. The summed E-state index contributed by atoms with van der Waals surface area (Å²) in [6, 6.07) is 28.2. The molecule has 1 saturated heterocycles. The van der Waals surface area contributed by atoms with Gasteiger partial charge in [0.1, 0.15) is 5.82 Å². The molecule has 0 radical (unpaired) electrons. The van der Waals surface area contributed by atoms with Crippen LogP contribution in [0, 0.1) is 0 Å². The number of para-hydroxylation sites is 2. The van der Waals surface area contributed by atoms with Gasteiger partial charge in [-0.05, 0) is 42.5 Å². The Hall–Kier alpha value is -4.10. The van der Waals surface area contributed by atoms with Crippen LogP contribution in [0.3, 0.4) is 0 Å². The largest absolute Gasteiger partial charge is 0.368 e. The van der Waals surface area contributed by atoms with Gasteiger partial charge < -0.3 is 15.1 Å². The maximum atomic E-state index is 6.23. The van der Waals surface area contributed by atoms with Crippen molar-refractivity contribution in [1.82, 2.24) is 19.7 Å². The molecular weight excluding hydrogens is 458 g/mol. The van der Waals surface area contributed by atoms with Crippen molar-refractivity contribution in [2.24, 2.45) is 0 Å². The van der Waals surface area contributed by atoms with Crippen LogP contribution >= 0.6 is 11.6 Å². The standard InChI is InChI=1S/C27H24ClN7/c28-20-8-7-9-21(18-20)30-25-24-19-29-35(23-12-5-2-6-13-23)26(24)32-27(31-25)34-16-14-33(15-17-34)22-10-3-1-4-11-22/h1-13,18-19H,14-17H2,(H,30,31,32). The highest BCUT2D eigenvalue weighted by Crippen LogP contribution is 2.29. The van der Waals surface area contributed by atoms with Gasteiger partial charge in [0.2, 0.25) is 5.95 Å². The zero-order valence-electron chi connectivity index (χ0n) is 19.0. The van der Waals surface area contributed by atoms with Crippen LogP contribution in [0.25, 0.3) is 16.7 Å². The van der Waals surface area contributed by atoms with Crippen LogP contribution in [0.4, 0.5) is 23.1 Å². The molecule has 1 fully saturated rings. The number of benzene rings is 3. The smallest absolute Gasteiger partial charge is 0.229 e. The fourth-order valence-electron chi connectivity index (χ4n) is 4.40. The summed E-state index contributed by atoms with van der Waals surface area (Å²) in [6.45, 7) is 3.47. The summed E-state index contributed by atoms with van der Waals surface area (Å²) in [5, 5.41) is 9.60. The van der Waals surface area contributed by atoms with Gasteiger partial charge in [-0.3, -0.25) is 0 Å². The van der Waals surface area contributed by atoms with Gasteiger partial charge in [0.05, 0.1) is 17.3 Å². The summed E-state index contributed by atoms with van der Waals surface area (Å²) in [5.41, 5.74) is 3.82. The molecule has 5 aromatic rings. The number of piperazine rings is 1. The Kier molecular flexibility index (Phi) is 5.68. The third-order valence-electron chi connectivity index (χ3n) is 6.19. The molecule has 35 heavy (non-hydrogen) atoms. The molecular formula is C27H24ClN7. The number of fused-ring (bicyclic) bond motifs is 1. The van der Waals surface area contributed by atoms with Crippen LogP contribution in [0.15, 0.2) is 91.1 Å². The first-order chi connectivity index (χ1) is 17.2. The molecule has 0 atom stereocenters. The van der Waals surface area contributed by atoms with Gasteiger partial charge in [-0.1, -0.05) is 54.1 Å². The van der Waals surface area contributed by atoms with E-state index in [2.05, 4.69) is 44.5 Å². The van der Waals surface area contributed by atoms with Crippen LogP contribution in [-0.2, 0) is 0 Å². The Balaban J connectivity index is 1.37. The van der Waals surface area contributed by atoms with E-state index in [1.54, 1.807) is 0 Å². The van der Waals surface area contributed by atoms with E-state index in [0.29, 0.717) is 16.8 Å². The van der Waals surface area contributed by atoms with Gasteiger partial charge in [-0.25, -0.2) is 4.68 Å².